The third kappa shape index (κ3) is 2.97. The van der Waals surface area contributed by atoms with Crippen LogP contribution in [-0.4, -0.2) is 16.6 Å². The number of aromatic nitrogens is 1. The maximum Gasteiger partial charge on any atom is 0.263 e. The van der Waals surface area contributed by atoms with E-state index in [1.165, 1.54) is 12.1 Å². The van der Waals surface area contributed by atoms with E-state index in [-0.39, 0.29) is 18.7 Å². The van der Waals surface area contributed by atoms with Crippen molar-refractivity contribution in [1.29, 1.82) is 0 Å². The first kappa shape index (κ1) is 15.7. The van der Waals surface area contributed by atoms with Crippen molar-refractivity contribution in [2.24, 2.45) is 0 Å². The van der Waals surface area contributed by atoms with Crippen LogP contribution in [0.15, 0.2) is 48.7 Å². The molecule has 0 bridgehead atoms. The Labute approximate surface area is 143 Å². The van der Waals surface area contributed by atoms with E-state index in [9.17, 15) is 13.6 Å². The first-order chi connectivity index (χ1) is 11.9. The average molecular weight is 338 g/mol. The zero-order valence-corrected chi connectivity index (χ0v) is 13.6. The van der Waals surface area contributed by atoms with Gasteiger partial charge in [-0.15, -0.1) is 0 Å². The number of alkyl halides is 1. The van der Waals surface area contributed by atoms with Crippen LogP contribution < -0.4 is 5.32 Å². The first-order valence-corrected chi connectivity index (χ1v) is 8.11. The van der Waals surface area contributed by atoms with E-state index in [1.807, 2.05) is 25.1 Å². The van der Waals surface area contributed by atoms with Gasteiger partial charge in [-0.2, -0.15) is 0 Å². The van der Waals surface area contributed by atoms with Gasteiger partial charge < -0.3 is 5.32 Å². The fourth-order valence-electron chi connectivity index (χ4n) is 2.85. The summed E-state index contributed by atoms with van der Waals surface area (Å²) < 4.78 is 27.3. The fraction of sp³-hybridized carbons (Fsp3) is 0.200. The number of nitrogens with one attached hydrogen (secondary N) is 1. The maximum atomic E-state index is 13.7. The number of benzene rings is 2. The van der Waals surface area contributed by atoms with Crippen molar-refractivity contribution >= 4 is 22.5 Å². The summed E-state index contributed by atoms with van der Waals surface area (Å²) in [5, 5.41) is 4.25. The van der Waals surface area contributed by atoms with Gasteiger partial charge in [-0.3, -0.25) is 4.79 Å². The van der Waals surface area contributed by atoms with E-state index >= 15 is 0 Å². The second-order valence-electron chi connectivity index (χ2n) is 6.51. The maximum absolute atomic E-state index is 13.7. The zero-order valence-electron chi connectivity index (χ0n) is 13.6. The summed E-state index contributed by atoms with van der Waals surface area (Å²) in [5.41, 5.74) is 0.974. The van der Waals surface area contributed by atoms with Gasteiger partial charge in [0.05, 0.1) is 0 Å². The van der Waals surface area contributed by atoms with Crippen molar-refractivity contribution in [1.82, 2.24) is 4.98 Å². The summed E-state index contributed by atoms with van der Waals surface area (Å²) in [7, 11) is 0. The van der Waals surface area contributed by atoms with E-state index in [1.54, 1.807) is 18.3 Å². The molecule has 0 spiro atoms. The fourth-order valence-corrected chi connectivity index (χ4v) is 2.85. The Morgan fingerprint density at radius 2 is 1.92 bits per heavy atom. The Kier molecular flexibility index (Phi) is 3.53. The molecule has 1 fully saturated rings. The largest absolute Gasteiger partial charge is 0.308 e. The van der Waals surface area contributed by atoms with Gasteiger partial charge in [-0.05, 0) is 66.1 Å². The van der Waals surface area contributed by atoms with Crippen LogP contribution in [-0.2, 0) is 4.79 Å². The van der Waals surface area contributed by atoms with E-state index in [0.717, 1.165) is 27.5 Å². The smallest absolute Gasteiger partial charge is 0.263 e. The predicted octanol–water partition coefficient (Wildman–Crippen LogP) is 4.79. The van der Waals surface area contributed by atoms with Gasteiger partial charge in [0.1, 0.15) is 11.6 Å². The van der Waals surface area contributed by atoms with Gasteiger partial charge in [0, 0.05) is 11.6 Å². The van der Waals surface area contributed by atoms with Crippen LogP contribution in [0.1, 0.15) is 18.4 Å². The average Bonchev–Trinajstić information content (AvgIpc) is 3.35. The third-order valence-corrected chi connectivity index (χ3v) is 4.57. The molecule has 1 aliphatic carbocycles. The van der Waals surface area contributed by atoms with Gasteiger partial charge in [-0.25, -0.2) is 13.8 Å². The molecule has 1 saturated carbocycles. The lowest BCUT2D eigenvalue weighted by Crippen LogP contribution is -2.25. The highest BCUT2D eigenvalue weighted by Crippen LogP contribution is 2.40. The van der Waals surface area contributed by atoms with Crippen LogP contribution in [0.3, 0.4) is 0 Å². The van der Waals surface area contributed by atoms with Crippen LogP contribution in [0.25, 0.3) is 21.9 Å². The Balaban J connectivity index is 1.67. The van der Waals surface area contributed by atoms with Crippen molar-refractivity contribution in [2.45, 2.75) is 25.4 Å². The molecule has 1 N–H and O–H groups in total. The number of fused-ring (bicyclic) bond motifs is 1. The molecule has 25 heavy (non-hydrogen) atoms. The highest BCUT2D eigenvalue weighted by atomic mass is 19.1. The van der Waals surface area contributed by atoms with Gasteiger partial charge in [-0.1, -0.05) is 18.2 Å². The van der Waals surface area contributed by atoms with Gasteiger partial charge >= 0.3 is 0 Å². The van der Waals surface area contributed by atoms with Crippen molar-refractivity contribution in [3.63, 3.8) is 0 Å². The number of amides is 1. The van der Waals surface area contributed by atoms with Crippen molar-refractivity contribution in [2.75, 3.05) is 5.32 Å². The highest BCUT2D eigenvalue weighted by molar-refractivity contribution is 6.00. The Bertz CT molecular complexity index is 996. The molecule has 1 aromatic heterocycles. The highest BCUT2D eigenvalue weighted by Gasteiger charge is 2.50. The minimum Gasteiger partial charge on any atom is -0.308 e. The molecule has 0 aliphatic heterocycles. The zero-order chi connectivity index (χ0) is 17.6. The summed E-state index contributed by atoms with van der Waals surface area (Å²) in [6.07, 6.45) is 2.16. The molecule has 4 rings (SSSR count). The van der Waals surface area contributed by atoms with E-state index in [0.29, 0.717) is 5.82 Å². The number of pyridine rings is 1. The predicted molar refractivity (Wildman–Crippen MR) is 93.6 cm³/mol. The van der Waals surface area contributed by atoms with Gasteiger partial charge in [0.25, 0.3) is 5.91 Å². The molecule has 3 nitrogen and oxygen atoms in total. The lowest BCUT2D eigenvalue weighted by molar-refractivity contribution is -0.122. The number of hydrogen-bond acceptors (Lipinski definition) is 2. The number of carbonyl (C=O) groups excluding carboxylic acids is 1. The lowest BCUT2D eigenvalue weighted by Gasteiger charge is -2.10. The Hall–Kier alpha value is -2.82. The molecule has 0 saturated heterocycles. The number of anilines is 1. The molecule has 126 valence electrons. The van der Waals surface area contributed by atoms with Crippen LogP contribution in [0, 0.1) is 12.7 Å². The van der Waals surface area contributed by atoms with Crippen LogP contribution in [0.4, 0.5) is 14.6 Å². The standard InChI is InChI=1S/C20H16F2N2O/c1-12-2-5-16(21)10-17(12)14-4-3-13-9-18(23-11-15(13)8-14)24-19(25)20(22)6-7-20/h2-5,8-11H,6-7H2,1H3,(H,23,24,25). The summed E-state index contributed by atoms with van der Waals surface area (Å²) in [6.45, 7) is 1.93. The second kappa shape index (κ2) is 5.62. The minimum atomic E-state index is -1.73. The lowest BCUT2D eigenvalue weighted by atomic mass is 9.98. The molecular formula is C20H16F2N2O. The molecule has 2 aromatic carbocycles. The Morgan fingerprint density at radius 3 is 2.68 bits per heavy atom. The topological polar surface area (TPSA) is 42.0 Å². The van der Waals surface area contributed by atoms with Crippen LogP contribution >= 0.6 is 0 Å². The third-order valence-electron chi connectivity index (χ3n) is 4.57. The van der Waals surface area contributed by atoms with E-state index in [2.05, 4.69) is 10.3 Å². The SMILES string of the molecule is Cc1ccc(F)cc1-c1ccc2cc(NC(=O)C3(F)CC3)ncc2c1. The molecule has 1 heterocycles. The monoisotopic (exact) mass is 338 g/mol. The number of carbonyl (C=O) groups is 1. The number of rotatable bonds is 3. The number of nitrogens with zero attached hydrogens (tertiary/aromatic N) is 1. The Morgan fingerprint density at radius 1 is 1.12 bits per heavy atom. The van der Waals surface area contributed by atoms with Gasteiger partial charge in [0.2, 0.25) is 0 Å². The molecule has 0 radical (unpaired) electrons. The minimum absolute atomic E-state index is 0.267. The molecule has 0 atom stereocenters. The number of aryl methyl sites for hydroxylation is 1. The van der Waals surface area contributed by atoms with E-state index < -0.39 is 11.6 Å². The number of halogens is 2. The molecule has 3 aromatic rings. The molecule has 1 aliphatic rings. The first-order valence-electron chi connectivity index (χ1n) is 8.11. The van der Waals surface area contributed by atoms with Crippen molar-refractivity contribution in [3.05, 3.63) is 60.0 Å². The summed E-state index contributed by atoms with van der Waals surface area (Å²) in [6, 6.07) is 12.1. The normalized spacial score (nSPS) is 15.2. The molecule has 5 heteroatoms. The molecule has 1 amide bonds. The quantitative estimate of drug-likeness (QED) is 0.746. The summed E-state index contributed by atoms with van der Waals surface area (Å²) >= 11 is 0. The molecule has 0 unspecified atom stereocenters. The number of hydrogen-bond donors (Lipinski definition) is 1. The van der Waals surface area contributed by atoms with Crippen molar-refractivity contribution < 1.29 is 13.6 Å². The second-order valence-corrected chi connectivity index (χ2v) is 6.51. The van der Waals surface area contributed by atoms with Crippen molar-refractivity contribution in [3.8, 4) is 11.1 Å². The van der Waals surface area contributed by atoms with Gasteiger partial charge in [0.15, 0.2) is 5.67 Å². The van der Waals surface area contributed by atoms with Crippen LogP contribution in [0.5, 0.6) is 0 Å². The van der Waals surface area contributed by atoms with E-state index in [4.69, 9.17) is 0 Å². The summed E-state index contributed by atoms with van der Waals surface area (Å²) in [4.78, 5) is 16.0. The molecular weight excluding hydrogens is 322 g/mol. The van der Waals surface area contributed by atoms with Crippen LogP contribution in [0.2, 0.25) is 0 Å². The summed E-state index contributed by atoms with van der Waals surface area (Å²) in [5.74, 6) is -0.584.